The van der Waals surface area contributed by atoms with Gasteiger partial charge < -0.3 is 0 Å². The zero-order valence-electron chi connectivity index (χ0n) is 11.7. The molecule has 0 radical (unpaired) electrons. The molecule has 1 aliphatic heterocycles. The van der Waals surface area contributed by atoms with Crippen LogP contribution in [0, 0.1) is 5.82 Å². The molecule has 104 valence electrons. The lowest BCUT2D eigenvalue weighted by Crippen LogP contribution is -2.23. The Balaban J connectivity index is 1.87. The van der Waals surface area contributed by atoms with Gasteiger partial charge in [0.2, 0.25) is 0 Å². The molecule has 2 aromatic rings. The molecule has 1 fully saturated rings. The quantitative estimate of drug-likeness (QED) is 0.836. The summed E-state index contributed by atoms with van der Waals surface area (Å²) in [6.07, 6.45) is 3.86. The molecule has 0 aliphatic carbocycles. The van der Waals surface area contributed by atoms with Crippen LogP contribution in [0.5, 0.6) is 0 Å². The highest BCUT2D eigenvalue weighted by Crippen LogP contribution is 2.27. The van der Waals surface area contributed by atoms with Crippen LogP contribution in [0.2, 0.25) is 0 Å². The summed E-state index contributed by atoms with van der Waals surface area (Å²) >= 11 is 0. The second-order valence-corrected chi connectivity index (χ2v) is 5.41. The number of hydrogen-bond acceptors (Lipinski definition) is 2. The van der Waals surface area contributed by atoms with Gasteiger partial charge in [-0.2, -0.15) is 0 Å². The lowest BCUT2D eigenvalue weighted by atomic mass is 10.0. The highest BCUT2D eigenvalue weighted by atomic mass is 19.1. The summed E-state index contributed by atoms with van der Waals surface area (Å²) in [6, 6.07) is 12.0. The maximum Gasteiger partial charge on any atom is 0.141 e. The van der Waals surface area contributed by atoms with E-state index in [0.29, 0.717) is 6.04 Å². The van der Waals surface area contributed by atoms with E-state index < -0.39 is 0 Å². The monoisotopic (exact) mass is 270 g/mol. The standard InChI is InChI=1S/C17H19FN2/c1-13(20-9-2-3-10-20)14-5-4-6-15(11-14)17-8-7-16(18)12-19-17/h4-8,11-13H,2-3,9-10H2,1H3. The molecule has 1 atom stereocenters. The first kappa shape index (κ1) is 13.3. The highest BCUT2D eigenvalue weighted by Gasteiger charge is 2.19. The Hall–Kier alpha value is -1.74. The van der Waals surface area contributed by atoms with E-state index in [1.165, 1.54) is 43.8 Å². The highest BCUT2D eigenvalue weighted by molar-refractivity contribution is 5.60. The molecule has 0 spiro atoms. The Morgan fingerprint density at radius 1 is 1.15 bits per heavy atom. The van der Waals surface area contributed by atoms with E-state index in [0.717, 1.165) is 11.3 Å². The molecule has 1 aromatic heterocycles. The molecule has 0 amide bonds. The third-order valence-electron chi connectivity index (χ3n) is 4.08. The fraction of sp³-hybridized carbons (Fsp3) is 0.353. The van der Waals surface area contributed by atoms with E-state index in [4.69, 9.17) is 0 Å². The van der Waals surface area contributed by atoms with Crippen molar-refractivity contribution in [1.82, 2.24) is 9.88 Å². The van der Waals surface area contributed by atoms with Gasteiger partial charge in [-0.05, 0) is 56.6 Å². The number of hydrogen-bond donors (Lipinski definition) is 0. The Morgan fingerprint density at radius 3 is 2.65 bits per heavy atom. The first-order chi connectivity index (χ1) is 9.74. The molecule has 20 heavy (non-hydrogen) atoms. The van der Waals surface area contributed by atoms with Crippen LogP contribution in [-0.2, 0) is 0 Å². The van der Waals surface area contributed by atoms with Gasteiger partial charge in [-0.25, -0.2) is 4.39 Å². The maximum atomic E-state index is 12.9. The molecule has 1 aliphatic rings. The largest absolute Gasteiger partial charge is 0.297 e. The molecule has 3 rings (SSSR count). The zero-order chi connectivity index (χ0) is 13.9. The van der Waals surface area contributed by atoms with Gasteiger partial charge in [0.1, 0.15) is 5.82 Å². The molecular formula is C17H19FN2. The third kappa shape index (κ3) is 2.73. The number of likely N-dealkylation sites (tertiary alicyclic amines) is 1. The van der Waals surface area contributed by atoms with Crippen LogP contribution >= 0.6 is 0 Å². The number of pyridine rings is 1. The first-order valence-corrected chi connectivity index (χ1v) is 7.20. The van der Waals surface area contributed by atoms with Gasteiger partial charge in [-0.15, -0.1) is 0 Å². The normalized spacial score (nSPS) is 17.3. The Labute approximate surface area is 119 Å². The van der Waals surface area contributed by atoms with Crippen molar-refractivity contribution in [2.45, 2.75) is 25.8 Å². The molecule has 1 aromatic carbocycles. The minimum Gasteiger partial charge on any atom is -0.297 e. The minimum absolute atomic E-state index is 0.296. The molecule has 0 N–H and O–H groups in total. The van der Waals surface area contributed by atoms with E-state index in [-0.39, 0.29) is 5.82 Å². The van der Waals surface area contributed by atoms with Gasteiger partial charge in [0.15, 0.2) is 0 Å². The fourth-order valence-electron chi connectivity index (χ4n) is 2.84. The lowest BCUT2D eigenvalue weighted by Gasteiger charge is -2.24. The summed E-state index contributed by atoms with van der Waals surface area (Å²) in [5, 5.41) is 0. The summed E-state index contributed by atoms with van der Waals surface area (Å²) in [6.45, 7) is 4.61. The lowest BCUT2D eigenvalue weighted by molar-refractivity contribution is 0.263. The van der Waals surface area contributed by atoms with Crippen molar-refractivity contribution in [3.8, 4) is 11.3 Å². The van der Waals surface area contributed by atoms with Crippen LogP contribution in [0.3, 0.4) is 0 Å². The van der Waals surface area contributed by atoms with Crippen molar-refractivity contribution < 1.29 is 4.39 Å². The van der Waals surface area contributed by atoms with Gasteiger partial charge in [0, 0.05) is 11.6 Å². The second-order valence-electron chi connectivity index (χ2n) is 5.41. The van der Waals surface area contributed by atoms with Crippen molar-refractivity contribution in [2.75, 3.05) is 13.1 Å². The first-order valence-electron chi connectivity index (χ1n) is 7.20. The smallest absolute Gasteiger partial charge is 0.141 e. The van der Waals surface area contributed by atoms with E-state index in [1.54, 1.807) is 6.07 Å². The molecule has 1 unspecified atom stereocenters. The van der Waals surface area contributed by atoms with Crippen LogP contribution in [0.15, 0.2) is 42.6 Å². The number of aromatic nitrogens is 1. The summed E-state index contributed by atoms with van der Waals surface area (Å²) in [7, 11) is 0. The van der Waals surface area contributed by atoms with E-state index >= 15 is 0 Å². The molecule has 2 heterocycles. The molecule has 0 saturated carbocycles. The summed E-state index contributed by atoms with van der Waals surface area (Å²) < 4.78 is 12.9. The van der Waals surface area contributed by atoms with Gasteiger partial charge in [0.25, 0.3) is 0 Å². The molecule has 1 saturated heterocycles. The van der Waals surface area contributed by atoms with Crippen LogP contribution < -0.4 is 0 Å². The van der Waals surface area contributed by atoms with Crippen LogP contribution in [0.1, 0.15) is 31.4 Å². The molecular weight excluding hydrogens is 251 g/mol. The van der Waals surface area contributed by atoms with E-state index in [1.807, 2.05) is 6.07 Å². The average Bonchev–Trinajstić information content (AvgIpc) is 3.01. The number of nitrogens with zero attached hydrogens (tertiary/aromatic N) is 2. The average molecular weight is 270 g/mol. The third-order valence-corrected chi connectivity index (χ3v) is 4.08. The predicted octanol–water partition coefficient (Wildman–Crippen LogP) is 4.04. The minimum atomic E-state index is -0.296. The summed E-state index contributed by atoms with van der Waals surface area (Å²) in [5.74, 6) is -0.296. The number of benzene rings is 1. The second kappa shape index (κ2) is 5.71. The van der Waals surface area contributed by atoms with Crippen molar-refractivity contribution >= 4 is 0 Å². The summed E-state index contributed by atoms with van der Waals surface area (Å²) in [5.41, 5.74) is 3.17. The Kier molecular flexibility index (Phi) is 3.79. The van der Waals surface area contributed by atoms with Gasteiger partial charge in [-0.1, -0.05) is 18.2 Å². The maximum absolute atomic E-state index is 12.9. The van der Waals surface area contributed by atoms with Gasteiger partial charge >= 0.3 is 0 Å². The fourth-order valence-corrected chi connectivity index (χ4v) is 2.84. The van der Waals surface area contributed by atoms with E-state index in [2.05, 4.69) is 35.0 Å². The van der Waals surface area contributed by atoms with Crippen LogP contribution in [-0.4, -0.2) is 23.0 Å². The molecule has 3 heteroatoms. The molecule has 2 nitrogen and oxygen atoms in total. The van der Waals surface area contributed by atoms with Crippen molar-refractivity contribution in [3.63, 3.8) is 0 Å². The topological polar surface area (TPSA) is 16.1 Å². The van der Waals surface area contributed by atoms with E-state index in [9.17, 15) is 4.39 Å². The van der Waals surface area contributed by atoms with Crippen LogP contribution in [0.4, 0.5) is 4.39 Å². The number of rotatable bonds is 3. The SMILES string of the molecule is CC(c1cccc(-c2ccc(F)cn2)c1)N1CCCC1. The predicted molar refractivity (Wildman–Crippen MR) is 78.9 cm³/mol. The summed E-state index contributed by atoms with van der Waals surface area (Å²) in [4.78, 5) is 6.67. The van der Waals surface area contributed by atoms with Crippen molar-refractivity contribution in [2.24, 2.45) is 0 Å². The van der Waals surface area contributed by atoms with Crippen molar-refractivity contribution in [3.05, 3.63) is 54.0 Å². The van der Waals surface area contributed by atoms with Crippen LogP contribution in [0.25, 0.3) is 11.3 Å². The molecule has 0 bridgehead atoms. The zero-order valence-corrected chi connectivity index (χ0v) is 11.7. The van der Waals surface area contributed by atoms with Gasteiger partial charge in [-0.3, -0.25) is 9.88 Å². The Bertz CT molecular complexity index is 574. The van der Waals surface area contributed by atoms with Gasteiger partial charge in [0.05, 0.1) is 11.9 Å². The van der Waals surface area contributed by atoms with Crippen molar-refractivity contribution in [1.29, 1.82) is 0 Å². The Morgan fingerprint density at radius 2 is 1.95 bits per heavy atom. The number of halogens is 1.